The summed E-state index contributed by atoms with van der Waals surface area (Å²) in [5.41, 5.74) is 1.76. The summed E-state index contributed by atoms with van der Waals surface area (Å²) in [7, 11) is 0. The Bertz CT molecular complexity index is 1330. The molecule has 196 valence electrons. The Kier molecular flexibility index (Phi) is 8.63. The molecule has 1 aliphatic heterocycles. The molecular weight excluding hydrogens is 478 g/mol. The minimum Gasteiger partial charge on any atom is -0.492 e. The number of benzene rings is 3. The summed E-state index contributed by atoms with van der Waals surface area (Å²) in [5.74, 6) is 2.18. The molecule has 2 heterocycles. The van der Waals surface area contributed by atoms with Gasteiger partial charge in [0.15, 0.2) is 0 Å². The Hall–Kier alpha value is -4.17. The number of ether oxygens (including phenoxy) is 2. The van der Waals surface area contributed by atoms with E-state index in [4.69, 9.17) is 9.47 Å². The third-order valence-electron chi connectivity index (χ3n) is 6.60. The molecule has 2 N–H and O–H groups in total. The summed E-state index contributed by atoms with van der Waals surface area (Å²) in [6.45, 7) is 4.73. The summed E-state index contributed by atoms with van der Waals surface area (Å²) < 4.78 is 12.1. The van der Waals surface area contributed by atoms with Crippen LogP contribution in [0.5, 0.6) is 11.5 Å². The summed E-state index contributed by atoms with van der Waals surface area (Å²) in [6, 6.07) is 21.1. The van der Waals surface area contributed by atoms with Gasteiger partial charge in [0.25, 0.3) is 0 Å². The van der Waals surface area contributed by atoms with Gasteiger partial charge in [-0.3, -0.25) is 4.90 Å². The molecule has 0 unspecified atom stereocenters. The number of hydrogen-bond acceptors (Lipinski definition) is 6. The molecule has 0 radical (unpaired) electrons. The van der Waals surface area contributed by atoms with Crippen molar-refractivity contribution in [2.45, 2.75) is 32.4 Å². The Morgan fingerprint density at radius 3 is 2.39 bits per heavy atom. The maximum absolute atomic E-state index is 12.5. The van der Waals surface area contributed by atoms with Crippen LogP contribution in [0.2, 0.25) is 0 Å². The Labute approximate surface area is 223 Å². The lowest BCUT2D eigenvalue weighted by Gasteiger charge is -2.26. The maximum Gasteiger partial charge on any atom is 0.319 e. The lowest BCUT2D eigenvalue weighted by Crippen LogP contribution is -2.33. The van der Waals surface area contributed by atoms with E-state index in [1.807, 2.05) is 60.7 Å². The van der Waals surface area contributed by atoms with E-state index >= 15 is 0 Å². The predicted octanol–water partition coefficient (Wildman–Crippen LogP) is 5.40. The number of nitrogens with one attached hydrogen (secondary N) is 2. The van der Waals surface area contributed by atoms with Crippen molar-refractivity contribution in [1.82, 2.24) is 20.2 Å². The minimum atomic E-state index is -0.325. The highest BCUT2D eigenvalue weighted by molar-refractivity contribution is 6.03. The fourth-order valence-electron chi connectivity index (χ4n) is 4.57. The highest BCUT2D eigenvalue weighted by Gasteiger charge is 2.11. The molecule has 0 atom stereocenters. The first-order valence-electron chi connectivity index (χ1n) is 13.1. The van der Waals surface area contributed by atoms with Crippen LogP contribution < -0.4 is 20.1 Å². The standard InChI is InChI=1S/C30H33N5O3/c36-30(33-21-29-31-15-6-16-32-29)34-27-13-14-28(26-8-3-2-7-25(26)27)38-22-23-9-11-24(12-10-23)37-20-19-35-17-4-1-5-18-35/h2-3,6-16H,1,4-5,17-22H2,(H2,33,34,36). The van der Waals surface area contributed by atoms with Crippen LogP contribution in [0.3, 0.4) is 0 Å². The topological polar surface area (TPSA) is 88.6 Å². The van der Waals surface area contributed by atoms with Crippen LogP contribution in [-0.2, 0) is 13.2 Å². The zero-order valence-corrected chi connectivity index (χ0v) is 21.4. The second-order valence-electron chi connectivity index (χ2n) is 9.31. The van der Waals surface area contributed by atoms with Crippen molar-refractivity contribution in [3.8, 4) is 11.5 Å². The molecule has 0 aliphatic carbocycles. The van der Waals surface area contributed by atoms with Crippen molar-refractivity contribution in [2.75, 3.05) is 31.6 Å². The number of nitrogens with zero attached hydrogens (tertiary/aromatic N) is 3. The van der Waals surface area contributed by atoms with Gasteiger partial charge in [-0.1, -0.05) is 42.8 Å². The molecule has 1 aliphatic rings. The number of hydrogen-bond donors (Lipinski definition) is 2. The van der Waals surface area contributed by atoms with Crippen LogP contribution in [0.15, 0.2) is 79.1 Å². The molecule has 4 aromatic rings. The van der Waals surface area contributed by atoms with Crippen LogP contribution in [0.1, 0.15) is 30.7 Å². The van der Waals surface area contributed by atoms with Gasteiger partial charge >= 0.3 is 6.03 Å². The first-order chi connectivity index (χ1) is 18.7. The summed E-state index contributed by atoms with van der Waals surface area (Å²) in [6.07, 6.45) is 7.23. The third kappa shape index (κ3) is 6.98. The zero-order chi connectivity index (χ0) is 26.0. The quantitative estimate of drug-likeness (QED) is 0.297. The molecule has 8 nitrogen and oxygen atoms in total. The molecule has 0 bridgehead atoms. The average molecular weight is 512 g/mol. The fraction of sp³-hybridized carbons (Fsp3) is 0.300. The van der Waals surface area contributed by atoms with Gasteiger partial charge in [-0.25, -0.2) is 14.8 Å². The first-order valence-corrected chi connectivity index (χ1v) is 13.1. The molecule has 0 spiro atoms. The van der Waals surface area contributed by atoms with Gasteiger partial charge in [0, 0.05) is 29.7 Å². The molecule has 38 heavy (non-hydrogen) atoms. The lowest BCUT2D eigenvalue weighted by molar-refractivity contribution is 0.183. The number of anilines is 1. The number of aromatic nitrogens is 2. The number of carbonyl (C=O) groups is 1. The largest absolute Gasteiger partial charge is 0.492 e. The smallest absolute Gasteiger partial charge is 0.319 e. The van der Waals surface area contributed by atoms with E-state index in [9.17, 15) is 4.79 Å². The SMILES string of the molecule is O=C(NCc1ncccn1)Nc1ccc(OCc2ccc(OCCN3CCCCC3)cc2)c2ccccc12. The van der Waals surface area contributed by atoms with E-state index in [0.717, 1.165) is 34.4 Å². The van der Waals surface area contributed by atoms with E-state index < -0.39 is 0 Å². The Balaban J connectivity index is 1.15. The molecule has 2 amide bonds. The van der Waals surface area contributed by atoms with E-state index in [-0.39, 0.29) is 12.6 Å². The van der Waals surface area contributed by atoms with Crippen LogP contribution >= 0.6 is 0 Å². The van der Waals surface area contributed by atoms with Crippen molar-refractivity contribution in [1.29, 1.82) is 0 Å². The van der Waals surface area contributed by atoms with Crippen LogP contribution in [0.25, 0.3) is 10.8 Å². The third-order valence-corrected chi connectivity index (χ3v) is 6.60. The molecule has 3 aromatic carbocycles. The van der Waals surface area contributed by atoms with Crippen molar-refractivity contribution in [3.63, 3.8) is 0 Å². The first kappa shape index (κ1) is 25.5. The normalized spacial score (nSPS) is 13.7. The molecule has 8 heteroatoms. The summed E-state index contributed by atoms with van der Waals surface area (Å²) in [5, 5.41) is 7.53. The second kappa shape index (κ2) is 12.9. The van der Waals surface area contributed by atoms with Crippen LogP contribution in [0.4, 0.5) is 10.5 Å². The van der Waals surface area contributed by atoms with Crippen molar-refractivity contribution >= 4 is 22.5 Å². The Morgan fingerprint density at radius 1 is 0.842 bits per heavy atom. The van der Waals surface area contributed by atoms with Crippen LogP contribution in [0, 0.1) is 0 Å². The van der Waals surface area contributed by atoms with Crippen molar-refractivity contribution in [3.05, 3.63) is 90.5 Å². The summed E-state index contributed by atoms with van der Waals surface area (Å²) in [4.78, 5) is 23.2. The second-order valence-corrected chi connectivity index (χ2v) is 9.31. The van der Waals surface area contributed by atoms with E-state index in [1.54, 1.807) is 18.5 Å². The molecule has 0 saturated carbocycles. The van der Waals surface area contributed by atoms with Gasteiger partial charge < -0.3 is 20.1 Å². The molecule has 1 saturated heterocycles. The summed E-state index contributed by atoms with van der Waals surface area (Å²) >= 11 is 0. The number of rotatable bonds is 10. The predicted molar refractivity (Wildman–Crippen MR) is 148 cm³/mol. The molecule has 1 aromatic heterocycles. The zero-order valence-electron chi connectivity index (χ0n) is 21.4. The van der Waals surface area contributed by atoms with Crippen molar-refractivity contribution in [2.24, 2.45) is 0 Å². The number of carbonyl (C=O) groups excluding carboxylic acids is 1. The fourth-order valence-corrected chi connectivity index (χ4v) is 4.57. The van der Waals surface area contributed by atoms with E-state index in [2.05, 4.69) is 25.5 Å². The van der Waals surface area contributed by atoms with Gasteiger partial charge in [-0.2, -0.15) is 0 Å². The van der Waals surface area contributed by atoms with Crippen LogP contribution in [-0.4, -0.2) is 47.1 Å². The van der Waals surface area contributed by atoms with Gasteiger partial charge in [-0.05, 0) is 61.8 Å². The van der Waals surface area contributed by atoms with E-state index in [0.29, 0.717) is 24.7 Å². The number of amides is 2. The number of likely N-dealkylation sites (tertiary alicyclic amines) is 1. The number of fused-ring (bicyclic) bond motifs is 1. The Morgan fingerprint density at radius 2 is 1.61 bits per heavy atom. The minimum absolute atomic E-state index is 0.244. The van der Waals surface area contributed by atoms with Gasteiger partial charge in [0.2, 0.25) is 0 Å². The van der Waals surface area contributed by atoms with Gasteiger partial charge in [0.05, 0.1) is 12.2 Å². The lowest BCUT2D eigenvalue weighted by atomic mass is 10.1. The highest BCUT2D eigenvalue weighted by Crippen LogP contribution is 2.32. The van der Waals surface area contributed by atoms with E-state index in [1.165, 1.54) is 32.4 Å². The maximum atomic E-state index is 12.5. The monoisotopic (exact) mass is 511 g/mol. The number of urea groups is 1. The molecule has 1 fully saturated rings. The highest BCUT2D eigenvalue weighted by atomic mass is 16.5. The number of piperidine rings is 1. The molecular formula is C30H33N5O3. The average Bonchev–Trinajstić information content (AvgIpc) is 2.97. The van der Waals surface area contributed by atoms with Crippen molar-refractivity contribution < 1.29 is 14.3 Å². The van der Waals surface area contributed by atoms with Gasteiger partial charge in [0.1, 0.15) is 30.5 Å². The molecule has 5 rings (SSSR count). The van der Waals surface area contributed by atoms with Gasteiger partial charge in [-0.15, -0.1) is 0 Å².